The van der Waals surface area contributed by atoms with Crippen molar-refractivity contribution in [2.75, 3.05) is 31.6 Å². The molecule has 2 atom stereocenters. The number of carbonyl (C=O) groups excluding carboxylic acids is 1. The summed E-state index contributed by atoms with van der Waals surface area (Å²) in [5, 5.41) is 12.2. The Kier molecular flexibility index (Phi) is 6.86. The van der Waals surface area contributed by atoms with Gasteiger partial charge in [-0.25, -0.2) is 9.78 Å². The van der Waals surface area contributed by atoms with Gasteiger partial charge in [-0.15, -0.1) is 0 Å². The van der Waals surface area contributed by atoms with Crippen molar-refractivity contribution in [3.8, 4) is 11.9 Å². The van der Waals surface area contributed by atoms with Crippen LogP contribution in [-0.2, 0) is 9.47 Å². The highest BCUT2D eigenvalue weighted by Crippen LogP contribution is 2.34. The standard InChI is InChI=1S/C23H24ClFN4O4/c1-13(2)32-23(30)29-9-15-11-31-12-16(10-29)21(15)33-22-20(25)19(5-6-27-22)28-18-4-3-14(8-26)7-17(18)24/h3-7,13,15-16,21H,9-12H2,1-2H3,(H,27,28). The molecule has 0 radical (unpaired) electrons. The van der Waals surface area contributed by atoms with Gasteiger partial charge in [0, 0.05) is 31.1 Å². The first-order chi connectivity index (χ1) is 15.9. The Morgan fingerprint density at radius 2 is 2.03 bits per heavy atom. The van der Waals surface area contributed by atoms with Crippen LogP contribution < -0.4 is 10.1 Å². The lowest BCUT2D eigenvalue weighted by Gasteiger charge is -2.45. The third kappa shape index (κ3) is 5.13. The molecule has 1 aromatic heterocycles. The number of anilines is 2. The summed E-state index contributed by atoms with van der Waals surface area (Å²) >= 11 is 6.20. The van der Waals surface area contributed by atoms with Crippen LogP contribution in [0.1, 0.15) is 19.4 Å². The first kappa shape index (κ1) is 23.1. The van der Waals surface area contributed by atoms with Crippen LogP contribution in [0.5, 0.6) is 5.88 Å². The molecule has 4 rings (SSSR count). The van der Waals surface area contributed by atoms with Crippen molar-refractivity contribution in [1.82, 2.24) is 9.88 Å². The second-order valence-corrected chi connectivity index (χ2v) is 8.79. The predicted octanol–water partition coefficient (Wildman–Crippen LogP) is 4.36. The Bertz CT molecular complexity index is 1060. The largest absolute Gasteiger partial charge is 0.471 e. The van der Waals surface area contributed by atoms with Crippen molar-refractivity contribution in [3.63, 3.8) is 0 Å². The molecular formula is C23H24ClFN4O4. The molecule has 1 amide bonds. The maximum atomic E-state index is 15.3. The Morgan fingerprint density at radius 3 is 2.67 bits per heavy atom. The summed E-state index contributed by atoms with van der Waals surface area (Å²) in [5.74, 6) is -1.06. The van der Waals surface area contributed by atoms with Gasteiger partial charge in [0.15, 0.2) is 0 Å². The number of aromatic nitrogens is 1. The van der Waals surface area contributed by atoms with Gasteiger partial charge in [-0.3, -0.25) is 0 Å². The number of hydrogen-bond donors (Lipinski definition) is 1. The molecule has 0 saturated carbocycles. The molecule has 2 saturated heterocycles. The van der Waals surface area contributed by atoms with E-state index in [1.807, 2.05) is 6.07 Å². The lowest BCUT2D eigenvalue weighted by Crippen LogP contribution is -2.58. The number of fused-ring (bicyclic) bond motifs is 2. The van der Waals surface area contributed by atoms with E-state index in [0.717, 1.165) is 0 Å². The molecule has 2 aromatic rings. The van der Waals surface area contributed by atoms with Crippen LogP contribution in [0, 0.1) is 29.0 Å². The van der Waals surface area contributed by atoms with Crippen LogP contribution in [0.2, 0.25) is 5.02 Å². The van der Waals surface area contributed by atoms with Gasteiger partial charge in [-0.05, 0) is 38.1 Å². The van der Waals surface area contributed by atoms with Crippen LogP contribution in [0.25, 0.3) is 0 Å². The normalized spacial score (nSPS) is 21.9. The molecule has 33 heavy (non-hydrogen) atoms. The van der Waals surface area contributed by atoms with Gasteiger partial charge in [0.1, 0.15) is 6.10 Å². The molecule has 2 aliphatic rings. The summed E-state index contributed by atoms with van der Waals surface area (Å²) in [6.45, 7) is 5.19. The summed E-state index contributed by atoms with van der Waals surface area (Å²) in [6.07, 6.45) is 0.521. The fourth-order valence-corrected chi connectivity index (χ4v) is 4.31. The molecule has 0 aliphatic carbocycles. The van der Waals surface area contributed by atoms with E-state index in [1.54, 1.807) is 30.9 Å². The number of likely N-dealkylation sites (tertiary alicyclic amines) is 1. The molecule has 1 aromatic carbocycles. The lowest BCUT2D eigenvalue weighted by molar-refractivity contribution is -0.111. The molecule has 2 unspecified atom stereocenters. The molecule has 2 fully saturated rings. The van der Waals surface area contributed by atoms with E-state index in [-0.39, 0.29) is 41.7 Å². The molecule has 10 heteroatoms. The molecule has 174 valence electrons. The van der Waals surface area contributed by atoms with E-state index < -0.39 is 5.82 Å². The highest BCUT2D eigenvalue weighted by Gasteiger charge is 2.44. The minimum atomic E-state index is -0.654. The first-order valence-electron chi connectivity index (χ1n) is 10.7. The Labute approximate surface area is 196 Å². The van der Waals surface area contributed by atoms with Crippen molar-refractivity contribution < 1.29 is 23.4 Å². The third-order valence-electron chi connectivity index (χ3n) is 5.57. The number of nitrogens with zero attached hydrogens (tertiary/aromatic N) is 3. The molecule has 3 heterocycles. The van der Waals surface area contributed by atoms with Crippen molar-refractivity contribution in [1.29, 1.82) is 5.26 Å². The van der Waals surface area contributed by atoms with Gasteiger partial charge in [0.2, 0.25) is 5.82 Å². The van der Waals surface area contributed by atoms with E-state index >= 15 is 4.39 Å². The van der Waals surface area contributed by atoms with Crippen molar-refractivity contribution in [3.05, 3.63) is 46.9 Å². The maximum absolute atomic E-state index is 15.3. The number of hydrogen-bond acceptors (Lipinski definition) is 7. The Morgan fingerprint density at radius 1 is 1.30 bits per heavy atom. The van der Waals surface area contributed by atoms with Gasteiger partial charge in [0.05, 0.1) is 47.3 Å². The zero-order chi connectivity index (χ0) is 23.5. The SMILES string of the molecule is CC(C)OC(=O)N1CC2COCC(C1)C2Oc1nccc(Nc2ccc(C#N)cc2Cl)c1F. The Hall–Kier alpha value is -3.09. The van der Waals surface area contributed by atoms with Crippen LogP contribution >= 0.6 is 11.6 Å². The summed E-state index contributed by atoms with van der Waals surface area (Å²) in [4.78, 5) is 18.1. The van der Waals surface area contributed by atoms with Crippen molar-refractivity contribution in [2.24, 2.45) is 11.8 Å². The number of ether oxygens (including phenoxy) is 3. The number of benzene rings is 1. The van der Waals surface area contributed by atoms with E-state index in [0.29, 0.717) is 42.6 Å². The molecule has 2 bridgehead atoms. The fourth-order valence-electron chi connectivity index (χ4n) is 4.08. The third-order valence-corrected chi connectivity index (χ3v) is 5.88. The quantitative estimate of drug-likeness (QED) is 0.687. The zero-order valence-corrected chi connectivity index (χ0v) is 19.0. The summed E-state index contributed by atoms with van der Waals surface area (Å²) < 4.78 is 32.3. The highest BCUT2D eigenvalue weighted by molar-refractivity contribution is 6.33. The van der Waals surface area contributed by atoms with Crippen LogP contribution in [0.3, 0.4) is 0 Å². The average molecular weight is 475 g/mol. The average Bonchev–Trinajstić information content (AvgIpc) is 2.76. The van der Waals surface area contributed by atoms with Gasteiger partial charge in [0.25, 0.3) is 5.88 Å². The van der Waals surface area contributed by atoms with E-state index in [2.05, 4.69) is 10.3 Å². The number of rotatable bonds is 5. The number of pyridine rings is 1. The van der Waals surface area contributed by atoms with Crippen molar-refractivity contribution in [2.45, 2.75) is 26.1 Å². The first-order valence-corrected chi connectivity index (χ1v) is 11.0. The maximum Gasteiger partial charge on any atom is 0.410 e. The summed E-state index contributed by atoms with van der Waals surface area (Å²) in [5.41, 5.74) is 1.00. The lowest BCUT2D eigenvalue weighted by atomic mass is 9.84. The monoisotopic (exact) mass is 474 g/mol. The second-order valence-electron chi connectivity index (χ2n) is 8.39. The van der Waals surface area contributed by atoms with Crippen molar-refractivity contribution >= 4 is 29.1 Å². The van der Waals surface area contributed by atoms with Crippen LogP contribution in [0.4, 0.5) is 20.6 Å². The number of piperidine rings is 1. The Balaban J connectivity index is 1.49. The highest BCUT2D eigenvalue weighted by atomic mass is 35.5. The minimum absolute atomic E-state index is 0.134. The molecule has 1 N–H and O–H groups in total. The number of amides is 1. The smallest absolute Gasteiger partial charge is 0.410 e. The van der Waals surface area contributed by atoms with E-state index in [1.165, 1.54) is 18.3 Å². The molecule has 0 spiro atoms. The van der Waals surface area contributed by atoms with Crippen LogP contribution in [-0.4, -0.2) is 54.5 Å². The van der Waals surface area contributed by atoms with Gasteiger partial charge in [-0.2, -0.15) is 9.65 Å². The number of nitriles is 1. The molecule has 8 nitrogen and oxygen atoms in total. The number of nitrogens with one attached hydrogen (secondary N) is 1. The van der Waals surface area contributed by atoms with Gasteiger partial charge < -0.3 is 24.4 Å². The van der Waals surface area contributed by atoms with Gasteiger partial charge >= 0.3 is 6.09 Å². The van der Waals surface area contributed by atoms with E-state index in [4.69, 9.17) is 31.1 Å². The number of carbonyl (C=O) groups is 1. The van der Waals surface area contributed by atoms with Gasteiger partial charge in [-0.1, -0.05) is 11.6 Å². The second kappa shape index (κ2) is 9.81. The zero-order valence-electron chi connectivity index (χ0n) is 18.3. The molecule has 2 aliphatic heterocycles. The van der Waals surface area contributed by atoms with E-state index in [9.17, 15) is 4.79 Å². The summed E-state index contributed by atoms with van der Waals surface area (Å²) in [7, 11) is 0. The molecular weight excluding hydrogens is 451 g/mol. The predicted molar refractivity (Wildman–Crippen MR) is 119 cm³/mol. The van der Waals surface area contributed by atoms with Crippen LogP contribution in [0.15, 0.2) is 30.5 Å². The topological polar surface area (TPSA) is 96.7 Å². The summed E-state index contributed by atoms with van der Waals surface area (Å²) in [6, 6.07) is 8.17. The minimum Gasteiger partial charge on any atom is -0.471 e. The fraction of sp³-hybridized carbons (Fsp3) is 0.435. The number of halogens is 2.